The number of carbonyl (C=O) groups is 1. The van der Waals surface area contributed by atoms with Gasteiger partial charge in [-0.2, -0.15) is 0 Å². The second-order valence-electron chi connectivity index (χ2n) is 4.46. The summed E-state index contributed by atoms with van der Waals surface area (Å²) in [5, 5.41) is 0. The van der Waals surface area contributed by atoms with Gasteiger partial charge in [0.25, 0.3) is 0 Å². The highest BCUT2D eigenvalue weighted by Crippen LogP contribution is 2.35. The Morgan fingerprint density at radius 1 is 1.43 bits per heavy atom. The van der Waals surface area contributed by atoms with Crippen molar-refractivity contribution >= 4 is 5.78 Å². The van der Waals surface area contributed by atoms with Crippen molar-refractivity contribution < 1.29 is 9.53 Å². The molecule has 0 aromatic carbocycles. The van der Waals surface area contributed by atoms with E-state index in [1.807, 2.05) is 19.9 Å². The molecular formula is C12H16O2. The minimum atomic E-state index is -0.250. The molecule has 14 heavy (non-hydrogen) atoms. The van der Waals surface area contributed by atoms with Gasteiger partial charge in [0, 0.05) is 0 Å². The lowest BCUT2D eigenvalue weighted by atomic mass is 9.92. The van der Waals surface area contributed by atoms with Crippen LogP contribution in [0.2, 0.25) is 0 Å². The summed E-state index contributed by atoms with van der Waals surface area (Å²) in [6.45, 7) is 4.05. The third-order valence-corrected chi connectivity index (χ3v) is 2.89. The van der Waals surface area contributed by atoms with E-state index in [4.69, 9.17) is 4.74 Å². The van der Waals surface area contributed by atoms with Crippen molar-refractivity contribution in [2.45, 2.75) is 38.4 Å². The highest BCUT2D eigenvalue weighted by atomic mass is 16.5. The molecule has 0 radical (unpaired) electrons. The second kappa shape index (κ2) is 3.35. The molecule has 0 saturated heterocycles. The van der Waals surface area contributed by atoms with E-state index >= 15 is 0 Å². The van der Waals surface area contributed by atoms with E-state index < -0.39 is 0 Å². The van der Waals surface area contributed by atoms with Gasteiger partial charge in [-0.3, -0.25) is 4.79 Å². The van der Waals surface area contributed by atoms with Gasteiger partial charge >= 0.3 is 0 Å². The van der Waals surface area contributed by atoms with Crippen molar-refractivity contribution in [1.82, 2.24) is 0 Å². The topological polar surface area (TPSA) is 26.3 Å². The highest BCUT2D eigenvalue weighted by Gasteiger charge is 2.38. The number of ketones is 1. The van der Waals surface area contributed by atoms with E-state index in [1.165, 1.54) is 0 Å². The molecule has 2 aliphatic rings. The summed E-state index contributed by atoms with van der Waals surface area (Å²) in [7, 11) is 0. The zero-order chi connectivity index (χ0) is 10.2. The SMILES string of the molecule is CC(C)[C@H]1OC2(C=CC1=O)CC=CC2. The zero-order valence-corrected chi connectivity index (χ0v) is 8.69. The van der Waals surface area contributed by atoms with Crippen LogP contribution in [0.1, 0.15) is 26.7 Å². The Labute approximate surface area is 84.6 Å². The van der Waals surface area contributed by atoms with Crippen LogP contribution in [0.4, 0.5) is 0 Å². The largest absolute Gasteiger partial charge is 0.359 e. The molecule has 0 bridgehead atoms. The molecular weight excluding hydrogens is 176 g/mol. The maximum Gasteiger partial charge on any atom is 0.184 e. The van der Waals surface area contributed by atoms with E-state index in [9.17, 15) is 4.79 Å². The quantitative estimate of drug-likeness (QED) is 0.596. The van der Waals surface area contributed by atoms with Gasteiger partial charge in [-0.15, -0.1) is 0 Å². The molecule has 0 fully saturated rings. The lowest BCUT2D eigenvalue weighted by molar-refractivity contribution is -0.142. The molecule has 2 nitrogen and oxygen atoms in total. The fourth-order valence-corrected chi connectivity index (χ4v) is 2.02. The summed E-state index contributed by atoms with van der Waals surface area (Å²) in [4.78, 5) is 11.5. The first-order valence-corrected chi connectivity index (χ1v) is 5.19. The van der Waals surface area contributed by atoms with Crippen molar-refractivity contribution in [3.8, 4) is 0 Å². The third kappa shape index (κ3) is 1.55. The van der Waals surface area contributed by atoms with Crippen LogP contribution in [-0.2, 0) is 9.53 Å². The monoisotopic (exact) mass is 192 g/mol. The summed E-state index contributed by atoms with van der Waals surface area (Å²) in [5.74, 6) is 0.363. The van der Waals surface area contributed by atoms with Crippen LogP contribution in [0.5, 0.6) is 0 Å². The molecule has 76 valence electrons. The third-order valence-electron chi connectivity index (χ3n) is 2.89. The summed E-state index contributed by atoms with van der Waals surface area (Å²) in [6.07, 6.45) is 9.42. The van der Waals surface area contributed by atoms with Crippen molar-refractivity contribution in [3.05, 3.63) is 24.3 Å². The van der Waals surface area contributed by atoms with Gasteiger partial charge < -0.3 is 4.74 Å². The summed E-state index contributed by atoms with van der Waals surface area (Å²) >= 11 is 0. The number of ether oxygens (including phenoxy) is 1. The Balaban J connectivity index is 2.19. The number of carbonyl (C=O) groups excluding carboxylic acids is 1. The van der Waals surface area contributed by atoms with Crippen molar-refractivity contribution in [2.24, 2.45) is 5.92 Å². The van der Waals surface area contributed by atoms with Gasteiger partial charge in [-0.1, -0.05) is 26.0 Å². The van der Waals surface area contributed by atoms with Gasteiger partial charge in [-0.25, -0.2) is 0 Å². The molecule has 1 aliphatic heterocycles. The normalized spacial score (nSPS) is 29.4. The standard InChI is InChI=1S/C12H16O2/c1-9(2)11-10(13)5-8-12(14-11)6-3-4-7-12/h3-5,8-9,11H,6-7H2,1-2H3/t11-/m1/s1. The average Bonchev–Trinajstić information content (AvgIpc) is 2.58. The maximum atomic E-state index is 11.5. The van der Waals surface area contributed by atoms with Crippen LogP contribution >= 0.6 is 0 Å². The molecule has 2 heteroatoms. The van der Waals surface area contributed by atoms with Crippen LogP contribution in [0.25, 0.3) is 0 Å². The molecule has 1 heterocycles. The van der Waals surface area contributed by atoms with E-state index in [-0.39, 0.29) is 23.4 Å². The smallest absolute Gasteiger partial charge is 0.184 e. The fourth-order valence-electron chi connectivity index (χ4n) is 2.02. The molecule has 1 spiro atoms. The Morgan fingerprint density at radius 2 is 2.07 bits per heavy atom. The summed E-state index contributed by atoms with van der Waals surface area (Å²) < 4.78 is 5.91. The minimum absolute atomic E-state index is 0.109. The molecule has 0 amide bonds. The number of rotatable bonds is 1. The molecule has 0 saturated carbocycles. The molecule has 0 aromatic rings. The van der Waals surface area contributed by atoms with Gasteiger partial charge in [-0.05, 0) is 30.9 Å². The van der Waals surface area contributed by atoms with Crippen molar-refractivity contribution in [2.75, 3.05) is 0 Å². The highest BCUT2D eigenvalue weighted by molar-refractivity contribution is 5.94. The van der Waals surface area contributed by atoms with E-state index in [0.717, 1.165) is 12.8 Å². The predicted molar refractivity (Wildman–Crippen MR) is 55.0 cm³/mol. The Hall–Kier alpha value is -0.890. The van der Waals surface area contributed by atoms with Crippen LogP contribution < -0.4 is 0 Å². The first-order chi connectivity index (χ1) is 6.63. The van der Waals surface area contributed by atoms with E-state index in [0.29, 0.717) is 0 Å². The van der Waals surface area contributed by atoms with E-state index in [1.54, 1.807) is 6.08 Å². The average molecular weight is 192 g/mol. The minimum Gasteiger partial charge on any atom is -0.359 e. The summed E-state index contributed by atoms with van der Waals surface area (Å²) in [6, 6.07) is 0. The van der Waals surface area contributed by atoms with Crippen LogP contribution in [0, 0.1) is 5.92 Å². The number of hydrogen-bond donors (Lipinski definition) is 0. The van der Waals surface area contributed by atoms with Crippen LogP contribution in [-0.4, -0.2) is 17.5 Å². The van der Waals surface area contributed by atoms with Gasteiger partial charge in [0.2, 0.25) is 0 Å². The van der Waals surface area contributed by atoms with E-state index in [2.05, 4.69) is 12.2 Å². The molecule has 0 aromatic heterocycles. The predicted octanol–water partition coefficient (Wildman–Crippen LogP) is 2.26. The van der Waals surface area contributed by atoms with Gasteiger partial charge in [0.05, 0.1) is 5.60 Å². The van der Waals surface area contributed by atoms with Crippen molar-refractivity contribution in [3.63, 3.8) is 0 Å². The first kappa shape index (κ1) is 9.66. The molecule has 0 N–H and O–H groups in total. The van der Waals surface area contributed by atoms with Crippen LogP contribution in [0.3, 0.4) is 0 Å². The van der Waals surface area contributed by atoms with Crippen LogP contribution in [0.15, 0.2) is 24.3 Å². The summed E-state index contributed by atoms with van der Waals surface area (Å²) in [5.41, 5.74) is -0.206. The Bertz CT molecular complexity index is 291. The first-order valence-electron chi connectivity index (χ1n) is 5.19. The lowest BCUT2D eigenvalue weighted by Crippen LogP contribution is -2.42. The Morgan fingerprint density at radius 3 is 2.64 bits per heavy atom. The van der Waals surface area contributed by atoms with Gasteiger partial charge in [0.15, 0.2) is 5.78 Å². The zero-order valence-electron chi connectivity index (χ0n) is 8.69. The maximum absolute atomic E-state index is 11.5. The lowest BCUT2D eigenvalue weighted by Gasteiger charge is -2.35. The molecule has 2 rings (SSSR count). The molecule has 1 atom stereocenters. The van der Waals surface area contributed by atoms with Gasteiger partial charge in [0.1, 0.15) is 6.10 Å². The molecule has 0 unspecified atom stereocenters. The Kier molecular flexibility index (Phi) is 2.31. The molecule has 1 aliphatic carbocycles. The second-order valence-corrected chi connectivity index (χ2v) is 4.46. The number of hydrogen-bond acceptors (Lipinski definition) is 2. The fraction of sp³-hybridized carbons (Fsp3) is 0.583. The van der Waals surface area contributed by atoms with Crippen molar-refractivity contribution in [1.29, 1.82) is 0 Å².